The number of nitrogens with one attached hydrogen (secondary N) is 1. The van der Waals surface area contributed by atoms with Gasteiger partial charge in [-0.25, -0.2) is 0 Å². The number of aryl methyl sites for hydroxylation is 1. The van der Waals surface area contributed by atoms with Gasteiger partial charge in [0.2, 0.25) is 0 Å². The number of hydrogen-bond donors (Lipinski definition) is 1. The molecule has 1 N–H and O–H groups in total. The first-order chi connectivity index (χ1) is 8.20. The van der Waals surface area contributed by atoms with Crippen LogP contribution in [0.15, 0.2) is 10.7 Å². The van der Waals surface area contributed by atoms with Crippen LogP contribution in [0.1, 0.15) is 50.0 Å². The largest absolute Gasteiger partial charge is 0.351 e. The molecule has 0 aliphatic rings. The minimum atomic E-state index is -0.0484. The summed E-state index contributed by atoms with van der Waals surface area (Å²) < 4.78 is 2.45. The number of nitrogens with zero attached hydrogens (tertiary/aromatic N) is 2. The minimum Gasteiger partial charge on any atom is -0.351 e. The van der Waals surface area contributed by atoms with Gasteiger partial charge in [0.1, 0.15) is 5.69 Å². The fraction of sp³-hybridized carbons (Fsp3) is 0.667. The molecule has 0 aromatic carbocycles. The van der Waals surface area contributed by atoms with Crippen molar-refractivity contribution in [1.82, 2.24) is 15.1 Å². The first-order valence-electron chi connectivity index (χ1n) is 6.20. The van der Waals surface area contributed by atoms with Crippen LogP contribution < -0.4 is 5.32 Å². The Bertz CT molecular complexity index is 363. The maximum absolute atomic E-state index is 11.9. The molecule has 1 aromatic heterocycles. The van der Waals surface area contributed by atoms with Crippen LogP contribution in [0.5, 0.6) is 0 Å². The maximum atomic E-state index is 11.9. The molecule has 0 saturated heterocycles. The molecule has 0 unspecified atom stereocenters. The molecule has 96 valence electrons. The predicted molar refractivity (Wildman–Crippen MR) is 72.1 cm³/mol. The topological polar surface area (TPSA) is 46.9 Å². The van der Waals surface area contributed by atoms with E-state index >= 15 is 0 Å². The lowest BCUT2D eigenvalue weighted by atomic mass is 10.2. The Balaban J connectivity index is 2.44. The first-order valence-corrected chi connectivity index (χ1v) is 6.99. The molecule has 17 heavy (non-hydrogen) atoms. The SMILES string of the molecule is CCCCCCNC(=O)c1c(Br)cnn1CC. The number of unbranched alkanes of at least 4 members (excludes halogenated alkanes) is 3. The summed E-state index contributed by atoms with van der Waals surface area (Å²) in [5.41, 5.74) is 0.614. The van der Waals surface area contributed by atoms with Crippen molar-refractivity contribution in [3.05, 3.63) is 16.4 Å². The maximum Gasteiger partial charge on any atom is 0.270 e. The molecule has 4 nitrogen and oxygen atoms in total. The number of amides is 1. The zero-order chi connectivity index (χ0) is 12.7. The van der Waals surface area contributed by atoms with Crippen LogP contribution in [-0.2, 0) is 6.54 Å². The molecular formula is C12H20BrN3O. The van der Waals surface area contributed by atoms with Gasteiger partial charge in [-0.15, -0.1) is 0 Å². The van der Waals surface area contributed by atoms with Gasteiger partial charge >= 0.3 is 0 Å². The van der Waals surface area contributed by atoms with Gasteiger partial charge < -0.3 is 5.32 Å². The molecule has 0 aliphatic heterocycles. The van der Waals surface area contributed by atoms with Crippen LogP contribution in [0.25, 0.3) is 0 Å². The van der Waals surface area contributed by atoms with Crippen LogP contribution in [0.3, 0.4) is 0 Å². The second kappa shape index (κ2) is 7.48. The second-order valence-electron chi connectivity index (χ2n) is 3.97. The smallest absolute Gasteiger partial charge is 0.270 e. The molecule has 0 atom stereocenters. The van der Waals surface area contributed by atoms with Gasteiger partial charge in [-0.1, -0.05) is 26.2 Å². The van der Waals surface area contributed by atoms with E-state index in [-0.39, 0.29) is 5.91 Å². The highest BCUT2D eigenvalue weighted by atomic mass is 79.9. The van der Waals surface area contributed by atoms with Crippen molar-refractivity contribution >= 4 is 21.8 Å². The fourth-order valence-corrected chi connectivity index (χ4v) is 2.14. The van der Waals surface area contributed by atoms with E-state index in [1.165, 1.54) is 19.3 Å². The van der Waals surface area contributed by atoms with Crippen LogP contribution in [0.2, 0.25) is 0 Å². The normalized spacial score (nSPS) is 10.5. The average Bonchev–Trinajstić information content (AvgIpc) is 2.70. The summed E-state index contributed by atoms with van der Waals surface area (Å²) in [6, 6.07) is 0. The summed E-state index contributed by atoms with van der Waals surface area (Å²) >= 11 is 3.35. The third kappa shape index (κ3) is 4.15. The Kier molecular flexibility index (Phi) is 6.26. The highest BCUT2D eigenvalue weighted by Crippen LogP contribution is 2.15. The summed E-state index contributed by atoms with van der Waals surface area (Å²) in [4.78, 5) is 11.9. The Morgan fingerprint density at radius 3 is 2.82 bits per heavy atom. The van der Waals surface area contributed by atoms with Gasteiger partial charge in [-0.05, 0) is 29.3 Å². The molecule has 1 aromatic rings. The summed E-state index contributed by atoms with van der Waals surface area (Å²) in [5, 5.41) is 7.05. The quantitative estimate of drug-likeness (QED) is 0.787. The Morgan fingerprint density at radius 1 is 1.41 bits per heavy atom. The number of rotatable bonds is 7. The van der Waals surface area contributed by atoms with Crippen molar-refractivity contribution in [1.29, 1.82) is 0 Å². The number of halogens is 1. The summed E-state index contributed by atoms with van der Waals surface area (Å²) in [6.07, 6.45) is 6.31. The van der Waals surface area contributed by atoms with Gasteiger partial charge in [0, 0.05) is 13.1 Å². The van der Waals surface area contributed by atoms with Crippen molar-refractivity contribution in [2.45, 2.75) is 46.1 Å². The molecule has 0 aliphatic carbocycles. The van der Waals surface area contributed by atoms with E-state index in [2.05, 4.69) is 33.3 Å². The van der Waals surface area contributed by atoms with E-state index in [0.29, 0.717) is 12.2 Å². The van der Waals surface area contributed by atoms with Crippen molar-refractivity contribution in [2.75, 3.05) is 6.54 Å². The minimum absolute atomic E-state index is 0.0484. The fourth-order valence-electron chi connectivity index (χ4n) is 1.67. The summed E-state index contributed by atoms with van der Waals surface area (Å²) in [6.45, 7) is 5.58. The molecule has 1 heterocycles. The van der Waals surface area contributed by atoms with Crippen LogP contribution >= 0.6 is 15.9 Å². The molecule has 0 bridgehead atoms. The van der Waals surface area contributed by atoms with Crippen LogP contribution in [0, 0.1) is 0 Å². The van der Waals surface area contributed by atoms with Crippen molar-refractivity contribution in [2.24, 2.45) is 0 Å². The molecule has 0 fully saturated rings. The highest BCUT2D eigenvalue weighted by Gasteiger charge is 2.15. The number of hydrogen-bond acceptors (Lipinski definition) is 2. The van der Waals surface area contributed by atoms with Crippen molar-refractivity contribution in [3.63, 3.8) is 0 Å². The number of aromatic nitrogens is 2. The van der Waals surface area contributed by atoms with E-state index < -0.39 is 0 Å². The lowest BCUT2D eigenvalue weighted by molar-refractivity contribution is 0.0941. The van der Waals surface area contributed by atoms with Gasteiger partial charge in [-0.3, -0.25) is 9.48 Å². The zero-order valence-electron chi connectivity index (χ0n) is 10.5. The van der Waals surface area contributed by atoms with Crippen LogP contribution in [-0.4, -0.2) is 22.2 Å². The molecule has 0 saturated carbocycles. The average molecular weight is 302 g/mol. The third-order valence-electron chi connectivity index (χ3n) is 2.63. The predicted octanol–water partition coefficient (Wildman–Crippen LogP) is 2.98. The van der Waals surface area contributed by atoms with Crippen molar-refractivity contribution in [3.8, 4) is 0 Å². The Labute approximate surface area is 111 Å². The Morgan fingerprint density at radius 2 is 2.18 bits per heavy atom. The van der Waals surface area contributed by atoms with Gasteiger partial charge in [0.15, 0.2) is 0 Å². The summed E-state index contributed by atoms with van der Waals surface area (Å²) in [7, 11) is 0. The molecule has 0 spiro atoms. The van der Waals surface area contributed by atoms with E-state index in [0.717, 1.165) is 17.4 Å². The number of carbonyl (C=O) groups is 1. The first kappa shape index (κ1) is 14.2. The van der Waals surface area contributed by atoms with E-state index in [1.807, 2.05) is 6.92 Å². The number of carbonyl (C=O) groups excluding carboxylic acids is 1. The highest BCUT2D eigenvalue weighted by molar-refractivity contribution is 9.10. The van der Waals surface area contributed by atoms with Gasteiger partial charge in [-0.2, -0.15) is 5.10 Å². The lowest BCUT2D eigenvalue weighted by Crippen LogP contribution is -2.27. The van der Waals surface area contributed by atoms with Crippen LogP contribution in [0.4, 0.5) is 0 Å². The zero-order valence-corrected chi connectivity index (χ0v) is 12.1. The Hall–Kier alpha value is -0.840. The second-order valence-corrected chi connectivity index (χ2v) is 4.83. The standard InChI is InChI=1S/C12H20BrN3O/c1-3-5-6-7-8-14-12(17)11-10(13)9-15-16(11)4-2/h9H,3-8H2,1-2H3,(H,14,17). The molecule has 5 heteroatoms. The third-order valence-corrected chi connectivity index (χ3v) is 3.21. The molecule has 0 radical (unpaired) electrons. The molecule has 1 rings (SSSR count). The van der Waals surface area contributed by atoms with E-state index in [4.69, 9.17) is 0 Å². The van der Waals surface area contributed by atoms with Crippen molar-refractivity contribution < 1.29 is 4.79 Å². The molecular weight excluding hydrogens is 282 g/mol. The lowest BCUT2D eigenvalue weighted by Gasteiger charge is -2.07. The van der Waals surface area contributed by atoms with Gasteiger partial charge in [0.25, 0.3) is 5.91 Å². The summed E-state index contributed by atoms with van der Waals surface area (Å²) in [5.74, 6) is -0.0484. The monoisotopic (exact) mass is 301 g/mol. The molecule has 1 amide bonds. The van der Waals surface area contributed by atoms with E-state index in [1.54, 1.807) is 10.9 Å². The van der Waals surface area contributed by atoms with Gasteiger partial charge in [0.05, 0.1) is 10.7 Å². The van der Waals surface area contributed by atoms with E-state index in [9.17, 15) is 4.79 Å².